The second kappa shape index (κ2) is 10.5. The van der Waals surface area contributed by atoms with Crippen LogP contribution in [0.5, 0.6) is 0 Å². The van der Waals surface area contributed by atoms with Crippen LogP contribution in [-0.2, 0) is 6.54 Å². The van der Waals surface area contributed by atoms with E-state index in [9.17, 15) is 0 Å². The van der Waals surface area contributed by atoms with Gasteiger partial charge in [-0.3, -0.25) is 15.8 Å². The third kappa shape index (κ3) is 6.72. The van der Waals surface area contributed by atoms with Crippen LogP contribution >= 0.6 is 24.4 Å². The summed E-state index contributed by atoms with van der Waals surface area (Å²) >= 11 is 10.2. The van der Waals surface area contributed by atoms with Crippen LogP contribution in [-0.4, -0.2) is 51.7 Å². The van der Waals surface area contributed by atoms with E-state index < -0.39 is 0 Å². The van der Waals surface area contributed by atoms with Crippen LogP contribution in [0.2, 0.25) is 0 Å². The first kappa shape index (κ1) is 25.2. The molecule has 0 unspecified atom stereocenters. The fourth-order valence-electron chi connectivity index (χ4n) is 3.94. The van der Waals surface area contributed by atoms with Gasteiger partial charge in [-0.1, -0.05) is 0 Å². The topological polar surface area (TPSA) is 89.2 Å². The maximum atomic E-state index is 6.22. The van der Waals surface area contributed by atoms with E-state index in [4.69, 9.17) is 28.9 Å². The highest BCUT2D eigenvalue weighted by atomic mass is 32.1. The summed E-state index contributed by atoms with van der Waals surface area (Å²) in [6, 6.07) is 3.92. The van der Waals surface area contributed by atoms with Gasteiger partial charge < -0.3 is 15.1 Å². The number of thiocarbonyl (C=S) groups is 2. The zero-order valence-corrected chi connectivity index (χ0v) is 21.2. The molecular formula is C21H35N7OS2. The Hall–Kier alpha value is -2.04. The zero-order valence-electron chi connectivity index (χ0n) is 19.5. The SMILES string of the molecule is CNC(=S)N/N=C(/C(C)=N/NC(=S)NC)c1ccc(CN2C(C)(C)CCCC2(C)C)o1. The quantitative estimate of drug-likeness (QED) is 0.290. The number of furan rings is 1. The molecule has 0 atom stereocenters. The normalized spacial score (nSPS) is 18.9. The number of nitrogens with zero attached hydrogens (tertiary/aromatic N) is 3. The Morgan fingerprint density at radius 1 is 1.00 bits per heavy atom. The van der Waals surface area contributed by atoms with Gasteiger partial charge in [0, 0.05) is 25.2 Å². The summed E-state index contributed by atoms with van der Waals surface area (Å²) in [7, 11) is 3.45. The molecule has 0 bridgehead atoms. The Kier molecular flexibility index (Phi) is 8.56. The smallest absolute Gasteiger partial charge is 0.186 e. The van der Waals surface area contributed by atoms with E-state index in [2.05, 4.69) is 64.3 Å². The van der Waals surface area contributed by atoms with Gasteiger partial charge in [-0.25, -0.2) is 0 Å². The molecule has 4 N–H and O–H groups in total. The van der Waals surface area contributed by atoms with Gasteiger partial charge in [0.05, 0.1) is 12.3 Å². The van der Waals surface area contributed by atoms with E-state index in [0.29, 0.717) is 27.4 Å². The first-order valence-electron chi connectivity index (χ1n) is 10.4. The molecule has 172 valence electrons. The Labute approximate surface area is 196 Å². The molecule has 0 spiro atoms. The van der Waals surface area contributed by atoms with Crippen molar-refractivity contribution in [2.45, 2.75) is 71.5 Å². The highest BCUT2D eigenvalue weighted by molar-refractivity contribution is 7.80. The lowest BCUT2D eigenvalue weighted by molar-refractivity contribution is -0.0384. The van der Waals surface area contributed by atoms with Gasteiger partial charge in [0.25, 0.3) is 0 Å². The second-order valence-electron chi connectivity index (χ2n) is 8.87. The lowest BCUT2D eigenvalue weighted by Gasteiger charge is -2.52. The predicted molar refractivity (Wildman–Crippen MR) is 135 cm³/mol. The van der Waals surface area contributed by atoms with Crippen molar-refractivity contribution in [2.24, 2.45) is 10.2 Å². The molecule has 2 rings (SSSR count). The molecule has 0 radical (unpaired) electrons. The number of piperidine rings is 1. The minimum absolute atomic E-state index is 0.107. The Bertz CT molecular complexity index is 842. The molecule has 1 aliphatic heterocycles. The van der Waals surface area contributed by atoms with Crippen molar-refractivity contribution in [1.82, 2.24) is 26.4 Å². The van der Waals surface area contributed by atoms with Gasteiger partial charge in [-0.2, -0.15) is 10.2 Å². The average molecular weight is 466 g/mol. The number of rotatable bonds is 6. The molecule has 10 heteroatoms. The molecule has 0 aliphatic carbocycles. The highest BCUT2D eigenvalue weighted by Gasteiger charge is 2.41. The summed E-state index contributed by atoms with van der Waals surface area (Å²) in [5.74, 6) is 1.49. The van der Waals surface area contributed by atoms with Crippen LogP contribution < -0.4 is 21.5 Å². The maximum Gasteiger partial charge on any atom is 0.186 e. The van der Waals surface area contributed by atoms with Crippen molar-refractivity contribution in [3.8, 4) is 0 Å². The fourth-order valence-corrected chi connectivity index (χ4v) is 4.03. The molecular weight excluding hydrogens is 430 g/mol. The van der Waals surface area contributed by atoms with Gasteiger partial charge in [0.1, 0.15) is 11.5 Å². The van der Waals surface area contributed by atoms with Crippen molar-refractivity contribution < 1.29 is 4.42 Å². The largest absolute Gasteiger partial charge is 0.458 e. The summed E-state index contributed by atoms with van der Waals surface area (Å²) < 4.78 is 6.22. The van der Waals surface area contributed by atoms with Crippen molar-refractivity contribution >= 4 is 46.1 Å². The molecule has 0 aromatic carbocycles. The summed E-state index contributed by atoms with van der Waals surface area (Å²) in [4.78, 5) is 2.53. The average Bonchev–Trinajstić information content (AvgIpc) is 3.17. The predicted octanol–water partition coefficient (Wildman–Crippen LogP) is 3.09. The van der Waals surface area contributed by atoms with Gasteiger partial charge >= 0.3 is 0 Å². The highest BCUT2D eigenvalue weighted by Crippen LogP contribution is 2.39. The molecule has 0 saturated carbocycles. The minimum Gasteiger partial charge on any atom is -0.458 e. The molecule has 0 amide bonds. The monoisotopic (exact) mass is 465 g/mol. The first-order chi connectivity index (χ1) is 14.5. The lowest BCUT2D eigenvalue weighted by atomic mass is 9.80. The summed E-state index contributed by atoms with van der Waals surface area (Å²) in [5, 5.41) is 15.2. The number of nitrogens with one attached hydrogen (secondary N) is 4. The molecule has 31 heavy (non-hydrogen) atoms. The van der Waals surface area contributed by atoms with E-state index in [1.165, 1.54) is 19.3 Å². The number of hydrogen-bond donors (Lipinski definition) is 4. The second-order valence-corrected chi connectivity index (χ2v) is 9.69. The summed E-state index contributed by atoms with van der Waals surface area (Å²) in [6.45, 7) is 11.8. The fraction of sp³-hybridized carbons (Fsp3) is 0.619. The van der Waals surface area contributed by atoms with Crippen LogP contribution in [0.25, 0.3) is 0 Å². The maximum absolute atomic E-state index is 6.22. The number of hydrogen-bond acceptors (Lipinski definition) is 6. The molecule has 2 heterocycles. The van der Waals surface area contributed by atoms with Gasteiger partial charge in [-0.15, -0.1) is 0 Å². The first-order valence-corrected chi connectivity index (χ1v) is 11.3. The van der Waals surface area contributed by atoms with Crippen molar-refractivity contribution in [3.63, 3.8) is 0 Å². The van der Waals surface area contributed by atoms with E-state index >= 15 is 0 Å². The van der Waals surface area contributed by atoms with Gasteiger partial charge in [0.15, 0.2) is 16.0 Å². The molecule has 8 nitrogen and oxygen atoms in total. The molecule has 1 saturated heterocycles. The third-order valence-corrected chi connectivity index (χ3v) is 6.23. The van der Waals surface area contributed by atoms with Crippen LogP contribution in [0.15, 0.2) is 26.8 Å². The van der Waals surface area contributed by atoms with Crippen LogP contribution in [0.4, 0.5) is 0 Å². The van der Waals surface area contributed by atoms with E-state index in [1.807, 2.05) is 19.1 Å². The minimum atomic E-state index is 0.107. The Balaban J connectivity index is 2.30. The Morgan fingerprint density at radius 2 is 1.55 bits per heavy atom. The zero-order chi connectivity index (χ0) is 23.2. The van der Waals surface area contributed by atoms with Gasteiger partial charge in [0.2, 0.25) is 0 Å². The molecule has 1 aliphatic rings. The lowest BCUT2D eigenvalue weighted by Crippen LogP contribution is -2.57. The summed E-state index contributed by atoms with van der Waals surface area (Å²) in [5.41, 5.74) is 6.94. The molecule has 1 aromatic heterocycles. The summed E-state index contributed by atoms with van der Waals surface area (Å²) in [6.07, 6.45) is 3.58. The molecule has 1 fully saturated rings. The van der Waals surface area contributed by atoms with Gasteiger partial charge in [-0.05, 0) is 90.4 Å². The van der Waals surface area contributed by atoms with Crippen molar-refractivity contribution in [2.75, 3.05) is 14.1 Å². The number of likely N-dealkylation sites (tertiary alicyclic amines) is 1. The van der Waals surface area contributed by atoms with Crippen LogP contribution in [0.1, 0.15) is 65.4 Å². The van der Waals surface area contributed by atoms with E-state index in [-0.39, 0.29) is 11.1 Å². The van der Waals surface area contributed by atoms with E-state index in [0.717, 1.165) is 12.3 Å². The van der Waals surface area contributed by atoms with E-state index in [1.54, 1.807) is 14.1 Å². The Morgan fingerprint density at radius 3 is 2.10 bits per heavy atom. The molecule has 1 aromatic rings. The van der Waals surface area contributed by atoms with Crippen LogP contribution in [0.3, 0.4) is 0 Å². The van der Waals surface area contributed by atoms with Crippen LogP contribution in [0, 0.1) is 0 Å². The standard InChI is InChI=1S/C21H35N7OS2/c1-14(24-26-18(30)22-6)17(25-27-19(31)23-7)16-10-9-15(29-16)13-28-20(2,3)11-8-12-21(28,4)5/h9-10H,8,11-13H2,1-7H3,(H2,22,26,30)(H2,23,27,31)/b24-14+,25-17-. The van der Waals surface area contributed by atoms with Crippen molar-refractivity contribution in [1.29, 1.82) is 0 Å². The number of hydrazone groups is 2. The third-order valence-electron chi connectivity index (χ3n) is 5.64. The van der Waals surface area contributed by atoms with Crippen molar-refractivity contribution in [3.05, 3.63) is 23.7 Å².